The van der Waals surface area contributed by atoms with E-state index in [1.165, 1.54) is 5.56 Å². The summed E-state index contributed by atoms with van der Waals surface area (Å²) in [6.07, 6.45) is -1.21. The fourth-order valence-electron chi connectivity index (χ4n) is 3.70. The molecule has 3 aliphatic heterocycles. The highest BCUT2D eigenvalue weighted by molar-refractivity contribution is 5.16. The third kappa shape index (κ3) is 2.29. The summed E-state index contributed by atoms with van der Waals surface area (Å²) in [6.45, 7) is 5.19. The summed E-state index contributed by atoms with van der Waals surface area (Å²) in [6, 6.07) is 10.3. The van der Waals surface area contributed by atoms with Crippen LogP contribution in [0.25, 0.3) is 0 Å². The Morgan fingerprint density at radius 3 is 2.71 bits per heavy atom. The van der Waals surface area contributed by atoms with Crippen LogP contribution in [0.2, 0.25) is 0 Å². The van der Waals surface area contributed by atoms with Gasteiger partial charge >= 0.3 is 0 Å². The van der Waals surface area contributed by atoms with Crippen LogP contribution in [0.5, 0.6) is 0 Å². The van der Waals surface area contributed by atoms with Crippen LogP contribution < -0.4 is 0 Å². The van der Waals surface area contributed by atoms with Gasteiger partial charge in [0.25, 0.3) is 0 Å². The lowest BCUT2D eigenvalue weighted by molar-refractivity contribution is -0.212. The number of fused-ring (bicyclic) bond motifs is 3. The van der Waals surface area contributed by atoms with Crippen molar-refractivity contribution in [3.8, 4) is 0 Å². The normalized spacial score (nSPS) is 41.2. The zero-order valence-corrected chi connectivity index (χ0v) is 12.3. The molecule has 3 fully saturated rings. The Hall–Kier alpha value is -0.980. The number of β-amino-alcohol motifs (C(OH)–C–C–N with tert-alkyl or cyclic N) is 1. The van der Waals surface area contributed by atoms with E-state index in [2.05, 4.69) is 17.0 Å². The third-order valence-electron chi connectivity index (χ3n) is 4.50. The van der Waals surface area contributed by atoms with E-state index in [-0.39, 0.29) is 24.5 Å². The predicted molar refractivity (Wildman–Crippen MR) is 75.3 cm³/mol. The predicted octanol–water partition coefficient (Wildman–Crippen LogP) is 1.11. The highest BCUT2D eigenvalue weighted by atomic mass is 16.8. The Morgan fingerprint density at radius 1 is 1.19 bits per heavy atom. The fourth-order valence-corrected chi connectivity index (χ4v) is 3.70. The van der Waals surface area contributed by atoms with Gasteiger partial charge in [-0.1, -0.05) is 30.3 Å². The minimum absolute atomic E-state index is 0.0481. The van der Waals surface area contributed by atoms with Gasteiger partial charge in [0.2, 0.25) is 0 Å². The second-order valence-electron chi connectivity index (χ2n) is 6.54. The summed E-state index contributed by atoms with van der Waals surface area (Å²) in [5.74, 6) is -0.619. The van der Waals surface area contributed by atoms with Crippen molar-refractivity contribution in [2.24, 2.45) is 0 Å². The fraction of sp³-hybridized carbons (Fsp3) is 0.625. The number of benzene rings is 1. The Balaban J connectivity index is 1.56. The molecule has 0 amide bonds. The van der Waals surface area contributed by atoms with Crippen molar-refractivity contribution < 1.29 is 19.3 Å². The first kappa shape index (κ1) is 13.7. The van der Waals surface area contributed by atoms with E-state index in [0.29, 0.717) is 6.54 Å². The van der Waals surface area contributed by atoms with Crippen LogP contribution in [0.1, 0.15) is 19.4 Å². The third-order valence-corrected chi connectivity index (χ3v) is 4.50. The molecular weight excluding hydrogens is 270 g/mol. The number of ether oxygens (including phenoxy) is 3. The molecule has 114 valence electrons. The maximum absolute atomic E-state index is 10.3. The molecule has 0 bridgehead atoms. The Morgan fingerprint density at radius 2 is 1.95 bits per heavy atom. The molecular formula is C16H21NO4. The van der Waals surface area contributed by atoms with E-state index in [1.807, 2.05) is 32.0 Å². The average Bonchev–Trinajstić information content (AvgIpc) is 3.00. The highest BCUT2D eigenvalue weighted by Crippen LogP contribution is 2.43. The summed E-state index contributed by atoms with van der Waals surface area (Å²) < 4.78 is 17.7. The Labute approximate surface area is 124 Å². The highest BCUT2D eigenvalue weighted by Gasteiger charge is 2.60. The summed E-state index contributed by atoms with van der Waals surface area (Å²) in [5, 5.41) is 10.3. The SMILES string of the molecule is CC1(C)O[C@H]2O[C@H]3C([C@H]2O1)N(Cc1ccccc1)C[C@H]3O. The molecule has 3 heterocycles. The molecule has 1 aromatic carbocycles. The molecule has 1 N–H and O–H groups in total. The molecule has 3 saturated heterocycles. The molecule has 4 rings (SSSR count). The van der Waals surface area contributed by atoms with Crippen molar-refractivity contribution in [3.05, 3.63) is 35.9 Å². The van der Waals surface area contributed by atoms with E-state index in [0.717, 1.165) is 6.54 Å². The minimum Gasteiger partial charge on any atom is -0.389 e. The number of likely N-dealkylation sites (tertiary alicyclic amines) is 1. The maximum Gasteiger partial charge on any atom is 0.189 e. The number of aliphatic hydroxyl groups is 1. The van der Waals surface area contributed by atoms with E-state index in [4.69, 9.17) is 14.2 Å². The Bertz CT molecular complexity index is 520. The summed E-state index contributed by atoms with van der Waals surface area (Å²) in [4.78, 5) is 2.25. The van der Waals surface area contributed by atoms with Crippen LogP contribution in [0.3, 0.4) is 0 Å². The van der Waals surface area contributed by atoms with E-state index < -0.39 is 11.9 Å². The summed E-state index contributed by atoms with van der Waals surface area (Å²) in [7, 11) is 0. The molecule has 0 aliphatic carbocycles. The summed E-state index contributed by atoms with van der Waals surface area (Å²) in [5.41, 5.74) is 1.23. The van der Waals surface area contributed by atoms with Gasteiger partial charge in [-0.15, -0.1) is 0 Å². The quantitative estimate of drug-likeness (QED) is 0.884. The first-order chi connectivity index (χ1) is 10.0. The zero-order valence-electron chi connectivity index (χ0n) is 12.3. The van der Waals surface area contributed by atoms with Gasteiger partial charge in [0, 0.05) is 13.1 Å². The molecule has 1 unspecified atom stereocenters. The smallest absolute Gasteiger partial charge is 0.189 e. The standard InChI is InChI=1S/C16H21NO4/c1-16(2)20-14-12-13(19-15(14)21-16)11(18)9-17(12)8-10-6-4-3-5-7-10/h3-7,11-15,18H,8-9H2,1-2H3/t11-,12?,13-,14-,15-/m1/s1. The zero-order chi connectivity index (χ0) is 14.6. The van der Waals surface area contributed by atoms with Crippen LogP contribution in [-0.2, 0) is 20.8 Å². The lowest BCUT2D eigenvalue weighted by Gasteiger charge is -2.27. The molecule has 0 saturated carbocycles. The van der Waals surface area contributed by atoms with Gasteiger partial charge in [0.15, 0.2) is 12.1 Å². The number of rotatable bonds is 2. The van der Waals surface area contributed by atoms with Crippen LogP contribution in [0.4, 0.5) is 0 Å². The lowest BCUT2D eigenvalue weighted by atomic mass is 10.1. The van der Waals surface area contributed by atoms with Crippen LogP contribution >= 0.6 is 0 Å². The van der Waals surface area contributed by atoms with Crippen LogP contribution in [0, 0.1) is 0 Å². The van der Waals surface area contributed by atoms with Crippen LogP contribution in [0.15, 0.2) is 30.3 Å². The van der Waals surface area contributed by atoms with E-state index in [1.54, 1.807) is 0 Å². The van der Waals surface area contributed by atoms with Gasteiger partial charge in [0.1, 0.15) is 12.2 Å². The average molecular weight is 291 g/mol. The number of hydrogen-bond acceptors (Lipinski definition) is 5. The molecule has 5 nitrogen and oxygen atoms in total. The van der Waals surface area contributed by atoms with E-state index >= 15 is 0 Å². The second-order valence-corrected chi connectivity index (χ2v) is 6.54. The largest absolute Gasteiger partial charge is 0.389 e. The molecule has 0 aromatic heterocycles. The molecule has 3 aliphatic rings. The molecule has 21 heavy (non-hydrogen) atoms. The molecule has 5 atom stereocenters. The topological polar surface area (TPSA) is 51.2 Å². The number of aliphatic hydroxyl groups excluding tert-OH is 1. The second kappa shape index (κ2) is 4.76. The van der Waals surface area contributed by atoms with Gasteiger partial charge in [-0.3, -0.25) is 4.90 Å². The van der Waals surface area contributed by atoms with Gasteiger partial charge in [-0.2, -0.15) is 0 Å². The lowest BCUT2D eigenvalue weighted by Crippen LogP contribution is -2.42. The van der Waals surface area contributed by atoms with Crippen molar-refractivity contribution in [2.75, 3.05) is 6.54 Å². The van der Waals surface area contributed by atoms with Crippen molar-refractivity contribution in [1.29, 1.82) is 0 Å². The van der Waals surface area contributed by atoms with Crippen molar-refractivity contribution in [3.63, 3.8) is 0 Å². The summed E-state index contributed by atoms with van der Waals surface area (Å²) >= 11 is 0. The number of hydrogen-bond donors (Lipinski definition) is 1. The van der Waals surface area contributed by atoms with Gasteiger partial charge in [-0.05, 0) is 19.4 Å². The molecule has 0 radical (unpaired) electrons. The van der Waals surface area contributed by atoms with Crippen molar-refractivity contribution in [1.82, 2.24) is 4.90 Å². The van der Waals surface area contributed by atoms with Crippen molar-refractivity contribution in [2.45, 2.75) is 56.8 Å². The van der Waals surface area contributed by atoms with E-state index in [9.17, 15) is 5.11 Å². The molecule has 1 aromatic rings. The monoisotopic (exact) mass is 291 g/mol. The van der Waals surface area contributed by atoms with Crippen molar-refractivity contribution >= 4 is 0 Å². The minimum atomic E-state index is -0.619. The first-order valence-corrected chi connectivity index (χ1v) is 7.51. The first-order valence-electron chi connectivity index (χ1n) is 7.51. The number of nitrogens with zero attached hydrogens (tertiary/aromatic N) is 1. The molecule has 0 spiro atoms. The van der Waals surface area contributed by atoms with Gasteiger partial charge in [0.05, 0.1) is 12.1 Å². The maximum atomic E-state index is 10.3. The van der Waals surface area contributed by atoms with Crippen LogP contribution in [-0.4, -0.2) is 53.0 Å². The Kier molecular flexibility index (Phi) is 3.10. The van der Waals surface area contributed by atoms with Gasteiger partial charge in [-0.25, -0.2) is 0 Å². The van der Waals surface area contributed by atoms with Gasteiger partial charge < -0.3 is 19.3 Å². The molecule has 5 heteroatoms.